The molecule has 2 heteroatoms. The maximum Gasteiger partial charge on any atom is 0.0622 e. The second-order valence-corrected chi connectivity index (χ2v) is 3.42. The molecule has 0 aromatic rings. The van der Waals surface area contributed by atoms with Crippen LogP contribution >= 0.6 is 0 Å². The van der Waals surface area contributed by atoms with Crippen LogP contribution in [0.25, 0.3) is 0 Å². The molecule has 1 saturated heterocycles. The molecule has 0 radical (unpaired) electrons. The van der Waals surface area contributed by atoms with Gasteiger partial charge in [0.15, 0.2) is 0 Å². The summed E-state index contributed by atoms with van der Waals surface area (Å²) in [5.41, 5.74) is 6.08. The minimum Gasteiger partial charge on any atom is -0.380 e. The van der Waals surface area contributed by atoms with Gasteiger partial charge in [-0.3, -0.25) is 0 Å². The number of nitrogens with two attached hydrogens (primary N) is 1. The van der Waals surface area contributed by atoms with Crippen LogP contribution in [0, 0.1) is 5.41 Å². The Morgan fingerprint density at radius 3 is 2.56 bits per heavy atom. The van der Waals surface area contributed by atoms with E-state index < -0.39 is 0 Å². The van der Waals surface area contributed by atoms with Gasteiger partial charge < -0.3 is 10.5 Å². The molecule has 0 amide bonds. The first-order valence-electron chi connectivity index (χ1n) is 3.46. The van der Waals surface area contributed by atoms with Crippen molar-refractivity contribution in [1.29, 1.82) is 0 Å². The molecule has 0 bridgehead atoms. The van der Waals surface area contributed by atoms with Crippen molar-refractivity contribution in [2.24, 2.45) is 11.1 Å². The van der Waals surface area contributed by atoms with Crippen molar-refractivity contribution in [3.05, 3.63) is 0 Å². The SMILES string of the molecule is CC1(C)CCOC[C@H]1N. The molecule has 0 saturated carbocycles. The van der Waals surface area contributed by atoms with Gasteiger partial charge in [-0.05, 0) is 11.8 Å². The normalized spacial score (nSPS) is 34.3. The first-order chi connectivity index (χ1) is 4.13. The summed E-state index contributed by atoms with van der Waals surface area (Å²) in [7, 11) is 0. The maximum absolute atomic E-state index is 5.79. The molecule has 54 valence electrons. The molecule has 1 fully saturated rings. The van der Waals surface area contributed by atoms with Gasteiger partial charge in [0.1, 0.15) is 0 Å². The summed E-state index contributed by atoms with van der Waals surface area (Å²) >= 11 is 0. The van der Waals surface area contributed by atoms with Crippen LogP contribution in [-0.4, -0.2) is 19.3 Å². The van der Waals surface area contributed by atoms with E-state index in [-0.39, 0.29) is 11.5 Å². The first-order valence-corrected chi connectivity index (χ1v) is 3.46. The van der Waals surface area contributed by atoms with Crippen LogP contribution in [0.4, 0.5) is 0 Å². The third kappa shape index (κ3) is 1.43. The van der Waals surface area contributed by atoms with E-state index in [1.165, 1.54) is 0 Å². The molecule has 0 unspecified atom stereocenters. The van der Waals surface area contributed by atoms with E-state index in [0.29, 0.717) is 0 Å². The summed E-state index contributed by atoms with van der Waals surface area (Å²) in [4.78, 5) is 0. The lowest BCUT2D eigenvalue weighted by Gasteiger charge is -2.35. The fourth-order valence-corrected chi connectivity index (χ4v) is 0.957. The Balaban J connectivity index is 2.49. The van der Waals surface area contributed by atoms with E-state index in [1.54, 1.807) is 0 Å². The van der Waals surface area contributed by atoms with Crippen LogP contribution in [0.5, 0.6) is 0 Å². The molecule has 9 heavy (non-hydrogen) atoms. The first kappa shape index (κ1) is 7.03. The van der Waals surface area contributed by atoms with E-state index in [9.17, 15) is 0 Å². The summed E-state index contributed by atoms with van der Waals surface area (Å²) in [5.74, 6) is 0. The summed E-state index contributed by atoms with van der Waals surface area (Å²) in [6, 6.07) is 0.228. The summed E-state index contributed by atoms with van der Waals surface area (Å²) in [6.07, 6.45) is 1.09. The maximum atomic E-state index is 5.79. The van der Waals surface area contributed by atoms with Gasteiger partial charge >= 0.3 is 0 Å². The van der Waals surface area contributed by atoms with Crippen LogP contribution in [0.1, 0.15) is 20.3 Å². The average molecular weight is 129 g/mol. The van der Waals surface area contributed by atoms with E-state index in [0.717, 1.165) is 19.6 Å². The van der Waals surface area contributed by atoms with Crippen LogP contribution in [0.15, 0.2) is 0 Å². The predicted molar refractivity (Wildman–Crippen MR) is 37.2 cm³/mol. The molecule has 1 atom stereocenters. The van der Waals surface area contributed by atoms with Crippen LogP contribution in [0.2, 0.25) is 0 Å². The Kier molecular flexibility index (Phi) is 1.78. The minimum absolute atomic E-state index is 0.228. The zero-order valence-electron chi connectivity index (χ0n) is 6.18. The highest BCUT2D eigenvalue weighted by Gasteiger charge is 2.29. The second kappa shape index (κ2) is 2.27. The van der Waals surface area contributed by atoms with Gasteiger partial charge in [-0.25, -0.2) is 0 Å². The van der Waals surface area contributed by atoms with Gasteiger partial charge in [0, 0.05) is 12.6 Å². The van der Waals surface area contributed by atoms with E-state index in [4.69, 9.17) is 10.5 Å². The van der Waals surface area contributed by atoms with Gasteiger partial charge in [0.2, 0.25) is 0 Å². The Labute approximate surface area is 56.4 Å². The van der Waals surface area contributed by atoms with Crippen molar-refractivity contribution in [2.45, 2.75) is 26.3 Å². The van der Waals surface area contributed by atoms with Gasteiger partial charge in [-0.1, -0.05) is 13.8 Å². The van der Waals surface area contributed by atoms with Crippen molar-refractivity contribution in [3.63, 3.8) is 0 Å². The van der Waals surface area contributed by atoms with Crippen LogP contribution in [0.3, 0.4) is 0 Å². The topological polar surface area (TPSA) is 35.2 Å². The number of rotatable bonds is 0. The number of hydrogen-bond donors (Lipinski definition) is 1. The number of ether oxygens (including phenoxy) is 1. The highest BCUT2D eigenvalue weighted by atomic mass is 16.5. The largest absolute Gasteiger partial charge is 0.380 e. The summed E-state index contributed by atoms with van der Waals surface area (Å²) < 4.78 is 5.19. The van der Waals surface area contributed by atoms with Crippen molar-refractivity contribution < 1.29 is 4.74 Å². The van der Waals surface area contributed by atoms with Crippen LogP contribution in [-0.2, 0) is 4.74 Å². The molecule has 1 aliphatic heterocycles. The predicted octanol–water partition coefficient (Wildman–Crippen LogP) is 0.760. The second-order valence-electron chi connectivity index (χ2n) is 3.42. The Bertz CT molecular complexity index is 101. The lowest BCUT2D eigenvalue weighted by molar-refractivity contribution is 0.0132. The monoisotopic (exact) mass is 129 g/mol. The van der Waals surface area contributed by atoms with Crippen molar-refractivity contribution in [1.82, 2.24) is 0 Å². The quantitative estimate of drug-likeness (QED) is 0.524. The lowest BCUT2D eigenvalue weighted by Crippen LogP contribution is -2.45. The Hall–Kier alpha value is -0.0800. The van der Waals surface area contributed by atoms with Gasteiger partial charge in [-0.15, -0.1) is 0 Å². The molecule has 1 aliphatic rings. The molecule has 0 aliphatic carbocycles. The number of hydrogen-bond acceptors (Lipinski definition) is 2. The van der Waals surface area contributed by atoms with E-state index in [1.807, 2.05) is 0 Å². The van der Waals surface area contributed by atoms with Crippen molar-refractivity contribution in [3.8, 4) is 0 Å². The molecule has 1 rings (SSSR count). The smallest absolute Gasteiger partial charge is 0.0622 e. The Morgan fingerprint density at radius 2 is 2.22 bits per heavy atom. The lowest BCUT2D eigenvalue weighted by atomic mass is 9.81. The van der Waals surface area contributed by atoms with Gasteiger partial charge in [-0.2, -0.15) is 0 Å². The van der Waals surface area contributed by atoms with E-state index >= 15 is 0 Å². The van der Waals surface area contributed by atoms with Crippen molar-refractivity contribution in [2.75, 3.05) is 13.2 Å². The zero-order chi connectivity index (χ0) is 6.91. The third-order valence-corrected chi connectivity index (χ3v) is 2.19. The van der Waals surface area contributed by atoms with E-state index in [2.05, 4.69) is 13.8 Å². The highest BCUT2D eigenvalue weighted by molar-refractivity contribution is 4.83. The van der Waals surface area contributed by atoms with Gasteiger partial charge in [0.25, 0.3) is 0 Å². The highest BCUT2D eigenvalue weighted by Crippen LogP contribution is 2.27. The molecule has 1 heterocycles. The summed E-state index contributed by atoms with van der Waals surface area (Å²) in [5, 5.41) is 0. The molecule has 0 aromatic heterocycles. The molecular weight excluding hydrogens is 114 g/mol. The molecular formula is C7H15NO. The average Bonchev–Trinajstić information content (AvgIpc) is 1.77. The fraction of sp³-hybridized carbons (Fsp3) is 1.00. The minimum atomic E-state index is 0.228. The molecule has 0 spiro atoms. The standard InChI is InChI=1S/C7H15NO/c1-7(2)3-4-9-5-6(7)8/h6H,3-5,8H2,1-2H3/t6-/m1/s1. The van der Waals surface area contributed by atoms with Crippen molar-refractivity contribution >= 4 is 0 Å². The molecule has 2 nitrogen and oxygen atoms in total. The fourth-order valence-electron chi connectivity index (χ4n) is 0.957. The Morgan fingerprint density at radius 1 is 1.56 bits per heavy atom. The molecule has 2 N–H and O–H groups in total. The molecule has 0 aromatic carbocycles. The zero-order valence-corrected chi connectivity index (χ0v) is 6.18. The van der Waals surface area contributed by atoms with Crippen LogP contribution < -0.4 is 5.73 Å². The van der Waals surface area contributed by atoms with Gasteiger partial charge in [0.05, 0.1) is 6.61 Å². The summed E-state index contributed by atoms with van der Waals surface area (Å²) in [6.45, 7) is 5.99. The third-order valence-electron chi connectivity index (χ3n) is 2.19.